The first-order chi connectivity index (χ1) is 12.7. The zero-order chi connectivity index (χ0) is 19.8. The van der Waals surface area contributed by atoms with Crippen LogP contribution < -0.4 is 4.72 Å². The number of rotatable bonds is 5. The first kappa shape index (κ1) is 19.5. The molecule has 0 aliphatic heterocycles. The van der Waals surface area contributed by atoms with Crippen molar-refractivity contribution in [3.63, 3.8) is 0 Å². The minimum absolute atomic E-state index is 0.246. The Labute approximate surface area is 164 Å². The van der Waals surface area contributed by atoms with Crippen LogP contribution in [-0.2, 0) is 16.6 Å². The predicted molar refractivity (Wildman–Crippen MR) is 102 cm³/mol. The van der Waals surface area contributed by atoms with Gasteiger partial charge in [-0.3, -0.25) is 9.40 Å². The van der Waals surface area contributed by atoms with Crippen molar-refractivity contribution in [1.29, 1.82) is 0 Å². The van der Waals surface area contributed by atoms with Crippen molar-refractivity contribution in [3.05, 3.63) is 75.5 Å². The van der Waals surface area contributed by atoms with E-state index >= 15 is 0 Å². The summed E-state index contributed by atoms with van der Waals surface area (Å²) < 4.78 is 57.2. The maximum atomic E-state index is 13.9. The van der Waals surface area contributed by atoms with Crippen molar-refractivity contribution >= 4 is 31.6 Å². The van der Waals surface area contributed by atoms with Gasteiger partial charge in [0.15, 0.2) is 0 Å². The number of anilines is 1. The molecule has 2 aromatic carbocycles. The third kappa shape index (κ3) is 4.19. The van der Waals surface area contributed by atoms with Crippen molar-refractivity contribution < 1.29 is 17.2 Å². The van der Waals surface area contributed by atoms with Crippen LogP contribution in [0.2, 0.25) is 0 Å². The standard InChI is InChI=1S/C18H16BrF2N3O2S/c1-11-18(23-27(25,26)17-9-15(20)7-8-16(17)21)12(2)24(22-11)10-13-3-5-14(19)6-4-13/h3-9,23H,10H2,1-2H3. The van der Waals surface area contributed by atoms with E-state index in [1.54, 1.807) is 18.5 Å². The Morgan fingerprint density at radius 1 is 1.11 bits per heavy atom. The summed E-state index contributed by atoms with van der Waals surface area (Å²) in [6.07, 6.45) is 0. The van der Waals surface area contributed by atoms with Crippen LogP contribution in [0.5, 0.6) is 0 Å². The van der Waals surface area contributed by atoms with Crippen LogP contribution in [0.4, 0.5) is 14.5 Å². The first-order valence-electron chi connectivity index (χ1n) is 7.93. The van der Waals surface area contributed by atoms with Crippen molar-refractivity contribution in [2.24, 2.45) is 0 Å². The summed E-state index contributed by atoms with van der Waals surface area (Å²) >= 11 is 3.37. The molecule has 0 bridgehead atoms. The van der Waals surface area contributed by atoms with E-state index in [0.717, 1.165) is 22.2 Å². The number of halogens is 3. The largest absolute Gasteiger partial charge is 0.276 e. The molecule has 0 amide bonds. The van der Waals surface area contributed by atoms with Gasteiger partial charge in [-0.1, -0.05) is 28.1 Å². The molecule has 3 rings (SSSR count). The van der Waals surface area contributed by atoms with Crippen LogP contribution in [0.3, 0.4) is 0 Å². The highest BCUT2D eigenvalue weighted by molar-refractivity contribution is 9.10. The Bertz CT molecular complexity index is 1100. The first-order valence-corrected chi connectivity index (χ1v) is 10.2. The van der Waals surface area contributed by atoms with Gasteiger partial charge in [-0.15, -0.1) is 0 Å². The molecule has 0 unspecified atom stereocenters. The lowest BCUT2D eigenvalue weighted by molar-refractivity contribution is 0.555. The molecule has 1 N–H and O–H groups in total. The SMILES string of the molecule is Cc1nn(Cc2ccc(Br)cc2)c(C)c1NS(=O)(=O)c1cc(F)ccc1F. The van der Waals surface area contributed by atoms with E-state index in [-0.39, 0.29) is 5.69 Å². The second-order valence-corrected chi connectivity index (χ2v) is 8.58. The summed E-state index contributed by atoms with van der Waals surface area (Å²) in [7, 11) is -4.30. The molecular formula is C18H16BrF2N3O2S. The topological polar surface area (TPSA) is 64.0 Å². The minimum atomic E-state index is -4.30. The fraction of sp³-hybridized carbons (Fsp3) is 0.167. The Morgan fingerprint density at radius 3 is 2.44 bits per heavy atom. The Morgan fingerprint density at radius 2 is 1.78 bits per heavy atom. The Balaban J connectivity index is 1.92. The van der Waals surface area contributed by atoms with Crippen molar-refractivity contribution in [2.75, 3.05) is 4.72 Å². The van der Waals surface area contributed by atoms with Gasteiger partial charge in [0.05, 0.1) is 23.6 Å². The summed E-state index contributed by atoms with van der Waals surface area (Å²) in [5, 5.41) is 4.36. The molecule has 142 valence electrons. The molecule has 0 atom stereocenters. The van der Waals surface area contributed by atoms with Crippen molar-refractivity contribution in [1.82, 2.24) is 9.78 Å². The highest BCUT2D eigenvalue weighted by atomic mass is 79.9. The molecule has 1 heterocycles. The molecule has 1 aromatic heterocycles. The predicted octanol–water partition coefficient (Wildman–Crippen LogP) is 4.39. The van der Waals surface area contributed by atoms with Gasteiger partial charge in [0, 0.05) is 4.47 Å². The number of aromatic nitrogens is 2. The molecule has 0 aliphatic rings. The number of aryl methyl sites for hydroxylation is 1. The van der Waals surface area contributed by atoms with Crippen LogP contribution in [-0.4, -0.2) is 18.2 Å². The highest BCUT2D eigenvalue weighted by Crippen LogP contribution is 2.25. The normalized spacial score (nSPS) is 11.6. The number of hydrogen-bond acceptors (Lipinski definition) is 3. The molecule has 27 heavy (non-hydrogen) atoms. The summed E-state index contributed by atoms with van der Waals surface area (Å²) in [4.78, 5) is -0.748. The van der Waals surface area contributed by atoms with Gasteiger partial charge in [-0.25, -0.2) is 17.2 Å². The molecule has 0 radical (unpaired) electrons. The fourth-order valence-electron chi connectivity index (χ4n) is 2.63. The number of nitrogens with zero attached hydrogens (tertiary/aromatic N) is 2. The van der Waals surface area contributed by atoms with Gasteiger partial charge in [-0.2, -0.15) is 5.10 Å². The van der Waals surface area contributed by atoms with Crippen LogP contribution in [0.25, 0.3) is 0 Å². The zero-order valence-corrected chi connectivity index (χ0v) is 16.9. The lowest BCUT2D eigenvalue weighted by Gasteiger charge is -2.10. The number of benzene rings is 2. The van der Waals surface area contributed by atoms with E-state index in [2.05, 4.69) is 25.8 Å². The number of sulfonamides is 1. The van der Waals surface area contributed by atoms with Crippen LogP contribution in [0.15, 0.2) is 51.8 Å². The average molecular weight is 456 g/mol. The molecule has 9 heteroatoms. The molecule has 3 aromatic rings. The van der Waals surface area contributed by atoms with E-state index in [4.69, 9.17) is 0 Å². The zero-order valence-electron chi connectivity index (χ0n) is 14.5. The number of nitrogens with one attached hydrogen (secondary N) is 1. The van der Waals surface area contributed by atoms with E-state index in [1.807, 2.05) is 24.3 Å². The maximum Gasteiger partial charge on any atom is 0.265 e. The average Bonchev–Trinajstić information content (AvgIpc) is 2.86. The monoisotopic (exact) mass is 455 g/mol. The van der Waals surface area contributed by atoms with Gasteiger partial charge in [0.25, 0.3) is 10.0 Å². The summed E-state index contributed by atoms with van der Waals surface area (Å²) in [5.41, 5.74) is 2.23. The van der Waals surface area contributed by atoms with Gasteiger partial charge in [0.2, 0.25) is 0 Å². The van der Waals surface area contributed by atoms with Crippen molar-refractivity contribution in [3.8, 4) is 0 Å². The van der Waals surface area contributed by atoms with Crippen LogP contribution >= 0.6 is 15.9 Å². The highest BCUT2D eigenvalue weighted by Gasteiger charge is 2.23. The second-order valence-electron chi connectivity index (χ2n) is 6.01. The molecule has 0 saturated carbocycles. The second kappa shape index (κ2) is 7.40. The molecular weight excluding hydrogens is 440 g/mol. The molecule has 0 saturated heterocycles. The maximum absolute atomic E-state index is 13.9. The summed E-state index contributed by atoms with van der Waals surface area (Å²) in [5.74, 6) is -1.86. The fourth-order valence-corrected chi connectivity index (χ4v) is 4.16. The third-order valence-electron chi connectivity index (χ3n) is 4.05. The van der Waals surface area contributed by atoms with Gasteiger partial charge in [-0.05, 0) is 49.7 Å². The smallest absolute Gasteiger partial charge is 0.265 e. The molecule has 0 fully saturated rings. The van der Waals surface area contributed by atoms with E-state index in [1.165, 1.54) is 0 Å². The minimum Gasteiger partial charge on any atom is -0.276 e. The molecule has 0 spiro atoms. The van der Waals surface area contributed by atoms with Gasteiger partial charge < -0.3 is 0 Å². The number of hydrogen-bond donors (Lipinski definition) is 1. The third-order valence-corrected chi connectivity index (χ3v) is 5.94. The summed E-state index contributed by atoms with van der Waals surface area (Å²) in [6.45, 7) is 3.79. The quantitative estimate of drug-likeness (QED) is 0.620. The summed E-state index contributed by atoms with van der Waals surface area (Å²) in [6, 6.07) is 9.93. The lowest BCUT2D eigenvalue weighted by Crippen LogP contribution is -2.16. The van der Waals surface area contributed by atoms with Gasteiger partial charge in [0.1, 0.15) is 16.5 Å². The van der Waals surface area contributed by atoms with Crippen molar-refractivity contribution in [2.45, 2.75) is 25.3 Å². The molecule has 5 nitrogen and oxygen atoms in total. The lowest BCUT2D eigenvalue weighted by atomic mass is 10.2. The Hall–Kier alpha value is -2.26. The van der Waals surface area contributed by atoms with Crippen LogP contribution in [0, 0.1) is 25.5 Å². The van der Waals surface area contributed by atoms with E-state index in [0.29, 0.717) is 24.0 Å². The van der Waals surface area contributed by atoms with Crippen LogP contribution in [0.1, 0.15) is 17.0 Å². The Kier molecular flexibility index (Phi) is 5.34. The van der Waals surface area contributed by atoms with E-state index in [9.17, 15) is 17.2 Å². The van der Waals surface area contributed by atoms with E-state index < -0.39 is 26.6 Å². The molecule has 0 aliphatic carbocycles. The van der Waals surface area contributed by atoms with Gasteiger partial charge >= 0.3 is 0 Å².